The van der Waals surface area contributed by atoms with Crippen LogP contribution in [0.3, 0.4) is 0 Å². The van der Waals surface area contributed by atoms with Gasteiger partial charge in [0.25, 0.3) is 5.91 Å². The van der Waals surface area contributed by atoms with Crippen LogP contribution >= 0.6 is 0 Å². The number of likely N-dealkylation sites (N-methyl/N-ethyl adjacent to an activating group) is 2. The first-order valence-corrected chi connectivity index (χ1v) is 13.5. The molecule has 3 aromatic carbocycles. The van der Waals surface area contributed by atoms with Gasteiger partial charge in [-0.25, -0.2) is 14.1 Å². The van der Waals surface area contributed by atoms with E-state index >= 15 is 0 Å². The van der Waals surface area contributed by atoms with Crippen LogP contribution in [0.2, 0.25) is 0 Å². The van der Waals surface area contributed by atoms with Crippen molar-refractivity contribution in [2.75, 3.05) is 37.5 Å². The average molecular weight is 560 g/mol. The van der Waals surface area contributed by atoms with Crippen LogP contribution in [-0.4, -0.2) is 62.2 Å². The minimum absolute atomic E-state index is 0.00695. The molecule has 1 fully saturated rings. The molecule has 0 aliphatic heterocycles. The Morgan fingerprint density at radius 3 is 2.37 bits per heavy atom. The number of hydrogen-bond acceptors (Lipinski definition) is 5. The lowest BCUT2D eigenvalue weighted by Gasteiger charge is -2.43. The highest BCUT2D eigenvalue weighted by Crippen LogP contribution is 2.40. The van der Waals surface area contributed by atoms with Gasteiger partial charge in [0.2, 0.25) is 0 Å². The Kier molecular flexibility index (Phi) is 9.36. The van der Waals surface area contributed by atoms with Gasteiger partial charge >= 0.3 is 17.9 Å². The Balaban J connectivity index is 1.45. The number of quaternary nitrogens is 1. The van der Waals surface area contributed by atoms with Crippen molar-refractivity contribution in [1.82, 2.24) is 9.80 Å². The van der Waals surface area contributed by atoms with Gasteiger partial charge in [-0.2, -0.15) is 0 Å². The van der Waals surface area contributed by atoms with E-state index in [2.05, 4.69) is 10.6 Å². The Hall–Kier alpha value is -4.70. The van der Waals surface area contributed by atoms with E-state index in [1.807, 2.05) is 49.5 Å². The first-order valence-electron chi connectivity index (χ1n) is 13.5. The van der Waals surface area contributed by atoms with E-state index in [1.165, 1.54) is 4.90 Å². The molecule has 0 aromatic heterocycles. The monoisotopic (exact) mass is 559 g/mol. The third-order valence-corrected chi connectivity index (χ3v) is 7.50. The molecule has 0 spiro atoms. The van der Waals surface area contributed by atoms with Gasteiger partial charge in [-0.05, 0) is 42.3 Å². The van der Waals surface area contributed by atoms with Gasteiger partial charge in [0.05, 0.1) is 13.5 Å². The molecule has 10 heteroatoms. The van der Waals surface area contributed by atoms with E-state index in [1.54, 1.807) is 43.4 Å². The standard InChI is InChI=1S/C31H34N4O6/c1-34(24-12-4-3-5-13-24)28(36)21-41-27-17-7-6-16-26(27)35(2,25-14-9-15-25)29(37)20-32-31(40)33-23-11-8-10-22(18-23)19-30(38)39/h3-8,10-13,16-18,25H,9,14-15,19-21H2,1-2H3,(H2-,32,33,38,39,40)/p+1. The van der Waals surface area contributed by atoms with Crippen LogP contribution in [0.25, 0.3) is 0 Å². The average Bonchev–Trinajstić information content (AvgIpc) is 2.93. The number of rotatable bonds is 11. The van der Waals surface area contributed by atoms with Crippen LogP contribution in [0.5, 0.6) is 5.75 Å². The maximum absolute atomic E-state index is 13.7. The minimum atomic E-state index is -0.970. The maximum atomic E-state index is 13.7. The van der Waals surface area contributed by atoms with Crippen molar-refractivity contribution in [2.24, 2.45) is 0 Å². The molecule has 0 bridgehead atoms. The summed E-state index contributed by atoms with van der Waals surface area (Å²) in [5.74, 6) is -0.999. The van der Waals surface area contributed by atoms with Crippen molar-refractivity contribution in [3.63, 3.8) is 0 Å². The number of amides is 4. The Morgan fingerprint density at radius 1 is 0.976 bits per heavy atom. The summed E-state index contributed by atoms with van der Waals surface area (Å²) in [6, 6.07) is 22.4. The van der Waals surface area contributed by atoms with Crippen molar-refractivity contribution in [2.45, 2.75) is 31.7 Å². The molecule has 0 radical (unpaired) electrons. The van der Waals surface area contributed by atoms with E-state index in [4.69, 9.17) is 9.84 Å². The zero-order chi connectivity index (χ0) is 29.4. The molecule has 3 N–H and O–H groups in total. The van der Waals surface area contributed by atoms with Gasteiger partial charge in [0.1, 0.15) is 12.6 Å². The van der Waals surface area contributed by atoms with Crippen LogP contribution < -0.4 is 24.8 Å². The summed E-state index contributed by atoms with van der Waals surface area (Å²) in [5, 5.41) is 14.3. The number of benzene rings is 3. The number of nitrogens with zero attached hydrogens (tertiary/aromatic N) is 2. The van der Waals surface area contributed by atoms with Crippen LogP contribution in [-0.2, 0) is 20.8 Å². The van der Waals surface area contributed by atoms with Crippen molar-refractivity contribution in [3.8, 4) is 5.75 Å². The SMILES string of the molecule is CN(C(=O)COc1ccccc1[N+](C)(C(=O)CNC(=O)Nc1cccc(CC(=O)O)c1)C1CCC1)c1ccccc1. The lowest BCUT2D eigenvalue weighted by Crippen LogP contribution is -2.63. The molecule has 1 aliphatic rings. The number of carbonyl (C=O) groups excluding carboxylic acids is 3. The summed E-state index contributed by atoms with van der Waals surface area (Å²) in [4.78, 5) is 51.8. The van der Waals surface area contributed by atoms with E-state index in [-0.39, 0.29) is 41.9 Å². The minimum Gasteiger partial charge on any atom is -0.481 e. The Morgan fingerprint density at radius 2 is 1.68 bits per heavy atom. The highest BCUT2D eigenvalue weighted by atomic mass is 16.5. The molecule has 0 heterocycles. The number of nitrogens with one attached hydrogen (secondary N) is 2. The molecular weight excluding hydrogens is 524 g/mol. The number of urea groups is 1. The zero-order valence-electron chi connectivity index (χ0n) is 23.2. The molecule has 1 saturated carbocycles. The summed E-state index contributed by atoms with van der Waals surface area (Å²) < 4.78 is 5.92. The summed E-state index contributed by atoms with van der Waals surface area (Å²) in [7, 11) is 3.51. The molecule has 1 atom stereocenters. The van der Waals surface area contributed by atoms with E-state index in [0.717, 1.165) is 24.9 Å². The predicted octanol–water partition coefficient (Wildman–Crippen LogP) is 4.19. The second kappa shape index (κ2) is 13.1. The zero-order valence-corrected chi connectivity index (χ0v) is 23.2. The first-order chi connectivity index (χ1) is 19.7. The quantitative estimate of drug-likeness (QED) is 0.303. The highest BCUT2D eigenvalue weighted by molar-refractivity contribution is 5.97. The van der Waals surface area contributed by atoms with Crippen molar-refractivity contribution < 1.29 is 29.0 Å². The molecule has 1 aliphatic carbocycles. The summed E-state index contributed by atoms with van der Waals surface area (Å²) in [5.41, 5.74) is 2.35. The molecular formula is C31H35N4O6+. The first kappa shape index (κ1) is 29.3. The van der Waals surface area contributed by atoms with Crippen LogP contribution in [0.15, 0.2) is 78.9 Å². The Bertz CT molecular complexity index is 1410. The number of aliphatic carboxylic acids is 1. The van der Waals surface area contributed by atoms with Gasteiger partial charge in [-0.15, -0.1) is 0 Å². The van der Waals surface area contributed by atoms with Crippen molar-refractivity contribution in [1.29, 1.82) is 0 Å². The normalized spacial score (nSPS) is 14.2. The van der Waals surface area contributed by atoms with Crippen molar-refractivity contribution >= 4 is 40.9 Å². The van der Waals surface area contributed by atoms with E-state index in [9.17, 15) is 19.2 Å². The number of carbonyl (C=O) groups is 4. The largest absolute Gasteiger partial charge is 0.481 e. The third-order valence-electron chi connectivity index (χ3n) is 7.50. The van der Waals surface area contributed by atoms with Gasteiger partial charge in [0, 0.05) is 37.3 Å². The van der Waals surface area contributed by atoms with E-state index < -0.39 is 12.0 Å². The molecule has 3 aromatic rings. The van der Waals surface area contributed by atoms with Crippen LogP contribution in [0.4, 0.5) is 21.9 Å². The molecule has 1 unspecified atom stereocenters. The topological polar surface area (TPSA) is 125 Å². The lowest BCUT2D eigenvalue weighted by atomic mass is 9.88. The number of anilines is 2. The van der Waals surface area contributed by atoms with Gasteiger partial charge in [-0.3, -0.25) is 9.59 Å². The molecule has 214 valence electrons. The molecule has 4 rings (SSSR count). The second-order valence-corrected chi connectivity index (χ2v) is 10.2. The fraction of sp³-hybridized carbons (Fsp3) is 0.290. The fourth-order valence-electron chi connectivity index (χ4n) is 4.86. The number of ether oxygens (including phenoxy) is 1. The smallest absolute Gasteiger partial charge is 0.338 e. The summed E-state index contributed by atoms with van der Waals surface area (Å²) in [6.45, 7) is -0.444. The van der Waals surface area contributed by atoms with Crippen molar-refractivity contribution in [3.05, 3.63) is 84.4 Å². The number of hydrogen-bond donors (Lipinski definition) is 3. The van der Waals surface area contributed by atoms with E-state index in [0.29, 0.717) is 22.7 Å². The summed E-state index contributed by atoms with van der Waals surface area (Å²) >= 11 is 0. The fourth-order valence-corrected chi connectivity index (χ4v) is 4.86. The van der Waals surface area contributed by atoms with Crippen LogP contribution in [0, 0.1) is 0 Å². The van der Waals surface area contributed by atoms with Gasteiger partial charge in [0.15, 0.2) is 18.0 Å². The lowest BCUT2D eigenvalue weighted by molar-refractivity contribution is -0.136. The number of carboxylic acids is 1. The van der Waals surface area contributed by atoms with Gasteiger partial charge in [-0.1, -0.05) is 42.5 Å². The molecule has 41 heavy (non-hydrogen) atoms. The van der Waals surface area contributed by atoms with Gasteiger partial charge < -0.3 is 25.4 Å². The number of para-hydroxylation sites is 3. The third kappa shape index (κ3) is 7.09. The highest BCUT2D eigenvalue weighted by Gasteiger charge is 2.47. The Labute approximate surface area is 239 Å². The predicted molar refractivity (Wildman–Crippen MR) is 157 cm³/mol. The molecule has 4 amide bonds. The second-order valence-electron chi connectivity index (χ2n) is 10.2. The molecule has 0 saturated heterocycles. The van der Waals surface area contributed by atoms with Crippen LogP contribution in [0.1, 0.15) is 24.8 Å². The maximum Gasteiger partial charge on any atom is 0.338 e. The molecule has 10 nitrogen and oxygen atoms in total. The summed E-state index contributed by atoms with van der Waals surface area (Å²) in [6.07, 6.45) is 2.52. The number of carboxylic acid groups (broad SMARTS) is 1.